The molecule has 1 aromatic heterocycles. The van der Waals surface area contributed by atoms with Gasteiger partial charge in [0.2, 0.25) is 0 Å². The van der Waals surface area contributed by atoms with Gasteiger partial charge in [-0.15, -0.1) is 0 Å². The molecule has 23 heavy (non-hydrogen) atoms. The molecule has 0 unspecified atom stereocenters. The quantitative estimate of drug-likeness (QED) is 0.707. The van der Waals surface area contributed by atoms with Gasteiger partial charge in [0.05, 0.1) is 24.7 Å². The van der Waals surface area contributed by atoms with Crippen LogP contribution in [0.5, 0.6) is 0 Å². The van der Waals surface area contributed by atoms with Crippen molar-refractivity contribution in [3.05, 3.63) is 60.1 Å². The van der Waals surface area contributed by atoms with Crippen LogP contribution in [0.2, 0.25) is 0 Å². The fourth-order valence-electron chi connectivity index (χ4n) is 2.12. The maximum absolute atomic E-state index is 11.8. The Bertz CT molecular complexity index is 625. The Kier molecular flexibility index (Phi) is 5.94. The molecule has 0 fully saturated rings. The van der Waals surface area contributed by atoms with E-state index in [1.807, 2.05) is 37.3 Å². The highest BCUT2D eigenvalue weighted by Crippen LogP contribution is 2.15. The van der Waals surface area contributed by atoms with Crippen LogP contribution in [-0.2, 0) is 9.59 Å². The molecule has 1 aromatic carbocycles. The summed E-state index contributed by atoms with van der Waals surface area (Å²) in [7, 11) is 0. The van der Waals surface area contributed by atoms with E-state index < -0.39 is 17.9 Å². The first-order chi connectivity index (χ1) is 11.1. The summed E-state index contributed by atoms with van der Waals surface area (Å²) < 4.78 is 4.88. The first-order valence-corrected chi connectivity index (χ1v) is 7.41. The van der Waals surface area contributed by atoms with Gasteiger partial charge in [0, 0.05) is 12.1 Å². The molecule has 0 spiro atoms. The Labute approximate surface area is 134 Å². The minimum Gasteiger partial charge on any atom is -0.472 e. The molecular weight excluding hydrogens is 296 g/mol. The number of rotatable bonds is 6. The van der Waals surface area contributed by atoms with Crippen LogP contribution < -0.4 is 10.6 Å². The summed E-state index contributed by atoms with van der Waals surface area (Å²) in [5.74, 6) is -1.41. The lowest BCUT2D eigenvalue weighted by molar-refractivity contribution is -0.139. The number of benzene rings is 1. The Morgan fingerprint density at radius 2 is 1.87 bits per heavy atom. The topological polar surface area (TPSA) is 91.6 Å². The van der Waals surface area contributed by atoms with Crippen LogP contribution in [-0.4, -0.2) is 23.5 Å². The Morgan fingerprint density at radius 3 is 2.52 bits per heavy atom. The Hall–Kier alpha value is -2.60. The van der Waals surface area contributed by atoms with Crippen molar-refractivity contribution in [3.63, 3.8) is 0 Å². The van der Waals surface area contributed by atoms with E-state index >= 15 is 0 Å². The third-order valence-corrected chi connectivity index (χ3v) is 3.48. The van der Waals surface area contributed by atoms with E-state index in [-0.39, 0.29) is 12.6 Å². The highest BCUT2D eigenvalue weighted by Gasteiger charge is 2.17. The summed E-state index contributed by atoms with van der Waals surface area (Å²) in [5.41, 5.74) is 1.56. The number of carbonyl (C=O) groups excluding carboxylic acids is 2. The van der Waals surface area contributed by atoms with E-state index in [9.17, 15) is 14.7 Å². The predicted molar refractivity (Wildman–Crippen MR) is 84.3 cm³/mol. The van der Waals surface area contributed by atoms with Gasteiger partial charge in [-0.3, -0.25) is 9.59 Å². The van der Waals surface area contributed by atoms with Gasteiger partial charge in [0.1, 0.15) is 0 Å². The van der Waals surface area contributed by atoms with E-state index in [0.717, 1.165) is 5.56 Å². The maximum atomic E-state index is 11.8. The van der Waals surface area contributed by atoms with Crippen LogP contribution >= 0.6 is 0 Å². The van der Waals surface area contributed by atoms with Crippen LogP contribution in [0.15, 0.2) is 53.3 Å². The minimum atomic E-state index is -0.736. The number of aliphatic hydroxyl groups excluding tert-OH is 1. The van der Waals surface area contributed by atoms with Crippen molar-refractivity contribution < 1.29 is 19.1 Å². The van der Waals surface area contributed by atoms with Crippen molar-refractivity contribution in [3.8, 4) is 0 Å². The van der Waals surface area contributed by atoms with Crippen molar-refractivity contribution in [1.29, 1.82) is 0 Å². The molecule has 2 atom stereocenters. The molecular formula is C17H20N2O4. The Balaban J connectivity index is 1.74. The van der Waals surface area contributed by atoms with Gasteiger partial charge in [-0.2, -0.15) is 0 Å². The van der Waals surface area contributed by atoms with E-state index in [0.29, 0.717) is 12.0 Å². The fourth-order valence-corrected chi connectivity index (χ4v) is 2.12. The number of aliphatic hydroxyl groups is 1. The molecule has 0 saturated heterocycles. The predicted octanol–water partition coefficient (Wildman–Crippen LogP) is 1.70. The summed E-state index contributed by atoms with van der Waals surface area (Å²) in [4.78, 5) is 23.6. The van der Waals surface area contributed by atoms with Crippen LogP contribution in [0.3, 0.4) is 0 Å². The van der Waals surface area contributed by atoms with E-state index in [2.05, 4.69) is 10.6 Å². The monoisotopic (exact) mass is 316 g/mol. The zero-order valence-electron chi connectivity index (χ0n) is 12.9. The molecule has 6 heteroatoms. The van der Waals surface area contributed by atoms with Gasteiger partial charge in [0.15, 0.2) is 0 Å². The smallest absolute Gasteiger partial charge is 0.309 e. The molecule has 3 N–H and O–H groups in total. The molecule has 2 rings (SSSR count). The average molecular weight is 316 g/mol. The molecule has 122 valence electrons. The second-order valence-corrected chi connectivity index (χ2v) is 5.22. The van der Waals surface area contributed by atoms with Crippen molar-refractivity contribution in [1.82, 2.24) is 10.6 Å². The lowest BCUT2D eigenvalue weighted by Crippen LogP contribution is -2.41. The number of hydrogen-bond donors (Lipinski definition) is 3. The molecule has 1 heterocycles. The molecule has 2 amide bonds. The molecule has 0 radical (unpaired) electrons. The third kappa shape index (κ3) is 4.96. The molecule has 0 bridgehead atoms. The molecule has 6 nitrogen and oxygen atoms in total. The molecule has 0 aliphatic carbocycles. The maximum Gasteiger partial charge on any atom is 0.309 e. The van der Waals surface area contributed by atoms with Gasteiger partial charge >= 0.3 is 11.8 Å². The van der Waals surface area contributed by atoms with Crippen molar-refractivity contribution in [2.45, 2.75) is 25.5 Å². The summed E-state index contributed by atoms with van der Waals surface area (Å²) in [6.45, 7) is 2.00. The van der Waals surface area contributed by atoms with E-state index in [1.165, 1.54) is 12.5 Å². The lowest BCUT2D eigenvalue weighted by atomic mass is 10.1. The Morgan fingerprint density at radius 1 is 1.13 bits per heavy atom. The number of hydrogen-bond acceptors (Lipinski definition) is 4. The number of nitrogens with one attached hydrogen (secondary N) is 2. The lowest BCUT2D eigenvalue weighted by Gasteiger charge is -2.14. The minimum absolute atomic E-state index is 0.193. The first-order valence-electron chi connectivity index (χ1n) is 7.41. The highest BCUT2D eigenvalue weighted by molar-refractivity contribution is 6.35. The van der Waals surface area contributed by atoms with Crippen LogP contribution in [0, 0.1) is 0 Å². The van der Waals surface area contributed by atoms with E-state index in [1.54, 1.807) is 6.07 Å². The third-order valence-electron chi connectivity index (χ3n) is 3.48. The molecule has 0 aliphatic rings. The largest absolute Gasteiger partial charge is 0.472 e. The number of carbonyl (C=O) groups is 2. The van der Waals surface area contributed by atoms with Crippen LogP contribution in [0.4, 0.5) is 0 Å². The van der Waals surface area contributed by atoms with Crippen molar-refractivity contribution >= 4 is 11.8 Å². The SMILES string of the molecule is C[C@H](NC(=O)C(=O)NCC[C@@H](O)c1ccoc1)c1ccccc1. The normalized spacial score (nSPS) is 13.1. The van der Waals surface area contributed by atoms with Gasteiger partial charge < -0.3 is 20.2 Å². The second-order valence-electron chi connectivity index (χ2n) is 5.22. The van der Waals surface area contributed by atoms with Crippen LogP contribution in [0.1, 0.15) is 36.6 Å². The fraction of sp³-hybridized carbons (Fsp3) is 0.294. The highest BCUT2D eigenvalue weighted by atomic mass is 16.3. The zero-order valence-corrected chi connectivity index (χ0v) is 12.9. The summed E-state index contributed by atoms with van der Waals surface area (Å²) >= 11 is 0. The van der Waals surface area contributed by atoms with Gasteiger partial charge in [-0.25, -0.2) is 0 Å². The van der Waals surface area contributed by atoms with Crippen LogP contribution in [0.25, 0.3) is 0 Å². The standard InChI is InChI=1S/C17H20N2O4/c1-12(13-5-3-2-4-6-13)19-17(22)16(21)18-9-7-15(20)14-8-10-23-11-14/h2-6,8,10-12,15,20H,7,9H2,1H3,(H,18,21)(H,19,22)/t12-,15+/m0/s1. The van der Waals surface area contributed by atoms with Crippen molar-refractivity contribution in [2.24, 2.45) is 0 Å². The zero-order chi connectivity index (χ0) is 16.7. The average Bonchev–Trinajstić information content (AvgIpc) is 3.10. The number of amides is 2. The number of furan rings is 1. The summed E-state index contributed by atoms with van der Waals surface area (Å²) in [5, 5.41) is 15.0. The molecule has 0 saturated carbocycles. The second kappa shape index (κ2) is 8.14. The van der Waals surface area contributed by atoms with Gasteiger partial charge in [-0.1, -0.05) is 30.3 Å². The first kappa shape index (κ1) is 16.8. The molecule has 0 aliphatic heterocycles. The summed E-state index contributed by atoms with van der Waals surface area (Å²) in [6, 6.07) is 10.8. The van der Waals surface area contributed by atoms with Crippen molar-refractivity contribution in [2.75, 3.05) is 6.54 Å². The van der Waals surface area contributed by atoms with Gasteiger partial charge in [0.25, 0.3) is 0 Å². The molecule has 2 aromatic rings. The van der Waals surface area contributed by atoms with Gasteiger partial charge in [-0.05, 0) is 25.0 Å². The summed E-state index contributed by atoms with van der Waals surface area (Å²) in [6.07, 6.45) is 2.48. The van der Waals surface area contributed by atoms with E-state index in [4.69, 9.17) is 4.42 Å².